The summed E-state index contributed by atoms with van der Waals surface area (Å²) >= 11 is 2.98. The smallest absolute Gasteiger partial charge is 0.107 e. The van der Waals surface area contributed by atoms with E-state index in [1.807, 2.05) is 11.6 Å². The van der Waals surface area contributed by atoms with E-state index in [-0.39, 0.29) is 0 Å². The minimum absolute atomic E-state index is 0.512. The molecule has 0 saturated carbocycles. The Morgan fingerprint density at radius 2 is 2.73 bits per heavy atom. The summed E-state index contributed by atoms with van der Waals surface area (Å²) in [5, 5.41) is 2.90. The normalized spacial score (nSPS) is 11.1. The Kier molecular flexibility index (Phi) is 3.55. The second kappa shape index (κ2) is 4.48. The second-order valence-corrected chi connectivity index (χ2v) is 3.31. The molecule has 1 aromatic heterocycles. The largest absolute Gasteiger partial charge is 0.325 e. The van der Waals surface area contributed by atoms with Crippen LogP contribution >= 0.6 is 23.3 Å². The summed E-state index contributed by atoms with van der Waals surface area (Å²) in [6, 6.07) is 0. The first-order valence-electron chi connectivity index (χ1n) is 3.08. The van der Waals surface area contributed by atoms with Crippen LogP contribution < -0.4 is 5.73 Å². The molecule has 5 heteroatoms. The first-order chi connectivity index (χ1) is 5.36. The fourth-order valence-electron chi connectivity index (χ4n) is 0.585. The topological polar surface area (TPSA) is 51.3 Å². The van der Waals surface area contributed by atoms with Gasteiger partial charge in [0.15, 0.2) is 0 Å². The highest BCUT2D eigenvalue weighted by atomic mass is 32.2. The molecule has 11 heavy (non-hydrogen) atoms. The Hall–Kier alpha value is -0.390. The number of nitrogens with two attached hydrogens (primary N) is 1. The highest BCUT2D eigenvalue weighted by molar-refractivity contribution is 7.97. The molecule has 2 N–H and O–H groups in total. The fourth-order valence-corrected chi connectivity index (χ4v) is 1.42. The molecule has 1 heterocycles. The summed E-state index contributed by atoms with van der Waals surface area (Å²) in [5.74, 6) is 0. The van der Waals surface area contributed by atoms with Gasteiger partial charge in [-0.05, 0) is 11.9 Å². The Balaban J connectivity index is 2.65. The third kappa shape index (κ3) is 2.61. The van der Waals surface area contributed by atoms with Crippen molar-refractivity contribution in [1.82, 2.24) is 4.98 Å². The Morgan fingerprint density at radius 1 is 1.91 bits per heavy atom. The monoisotopic (exact) mass is 187 g/mol. The Labute approximate surface area is 73.9 Å². The molecule has 0 aromatic carbocycles. The summed E-state index contributed by atoms with van der Waals surface area (Å²) in [7, 11) is 0. The number of nitrogens with zero attached hydrogens (tertiary/aromatic N) is 2. The van der Waals surface area contributed by atoms with Gasteiger partial charge in [-0.2, -0.15) is 0 Å². The molecular formula is C6H9N3S2. The molecule has 1 rings (SSSR count). The van der Waals surface area contributed by atoms with E-state index in [4.69, 9.17) is 5.73 Å². The average molecular weight is 187 g/mol. The summed E-state index contributed by atoms with van der Waals surface area (Å²) in [6.45, 7) is 0.512. The van der Waals surface area contributed by atoms with Crippen molar-refractivity contribution in [1.29, 1.82) is 0 Å². The van der Waals surface area contributed by atoms with E-state index in [0.29, 0.717) is 6.54 Å². The van der Waals surface area contributed by atoms with Crippen molar-refractivity contribution in [2.75, 3.05) is 6.26 Å². The SMILES string of the molecule is CSN=Cc1csc(CN)n1. The van der Waals surface area contributed by atoms with Crippen LogP contribution in [0.2, 0.25) is 0 Å². The van der Waals surface area contributed by atoms with E-state index in [1.54, 1.807) is 17.6 Å². The molecule has 0 saturated heterocycles. The third-order valence-electron chi connectivity index (χ3n) is 1.03. The van der Waals surface area contributed by atoms with Crippen LogP contribution in [-0.4, -0.2) is 17.5 Å². The summed E-state index contributed by atoms with van der Waals surface area (Å²) in [6.07, 6.45) is 3.65. The van der Waals surface area contributed by atoms with Gasteiger partial charge in [-0.3, -0.25) is 0 Å². The molecule has 0 unspecified atom stereocenters. The van der Waals surface area contributed by atoms with E-state index in [2.05, 4.69) is 9.38 Å². The predicted octanol–water partition coefficient (Wildman–Crippen LogP) is 1.30. The zero-order chi connectivity index (χ0) is 8.10. The Morgan fingerprint density at radius 3 is 3.27 bits per heavy atom. The van der Waals surface area contributed by atoms with Crippen molar-refractivity contribution in [3.05, 3.63) is 16.1 Å². The molecule has 0 fully saturated rings. The van der Waals surface area contributed by atoms with Gasteiger partial charge in [0.2, 0.25) is 0 Å². The second-order valence-electron chi connectivity index (χ2n) is 1.79. The fraction of sp³-hybridized carbons (Fsp3) is 0.333. The van der Waals surface area contributed by atoms with Gasteiger partial charge in [-0.25, -0.2) is 9.38 Å². The standard InChI is InChI=1S/C6H9N3S2/c1-10-8-3-5-4-11-6(2-7)9-5/h3-4H,2,7H2,1H3. The van der Waals surface area contributed by atoms with Crippen LogP contribution in [0.15, 0.2) is 9.78 Å². The van der Waals surface area contributed by atoms with Gasteiger partial charge in [-0.15, -0.1) is 11.3 Å². The minimum Gasteiger partial charge on any atom is -0.325 e. The lowest BCUT2D eigenvalue weighted by Crippen LogP contribution is -1.95. The van der Waals surface area contributed by atoms with E-state index in [0.717, 1.165) is 10.7 Å². The number of aromatic nitrogens is 1. The molecular weight excluding hydrogens is 178 g/mol. The zero-order valence-electron chi connectivity index (χ0n) is 6.15. The molecule has 0 bridgehead atoms. The van der Waals surface area contributed by atoms with E-state index < -0.39 is 0 Å². The van der Waals surface area contributed by atoms with E-state index >= 15 is 0 Å². The van der Waals surface area contributed by atoms with E-state index in [1.165, 1.54) is 11.9 Å². The number of rotatable bonds is 3. The van der Waals surface area contributed by atoms with E-state index in [9.17, 15) is 0 Å². The lowest BCUT2D eigenvalue weighted by Gasteiger charge is -1.82. The van der Waals surface area contributed by atoms with Crippen LogP contribution in [0.1, 0.15) is 10.7 Å². The highest BCUT2D eigenvalue weighted by Gasteiger charge is 1.95. The summed E-state index contributed by atoms with van der Waals surface area (Å²) in [4.78, 5) is 4.20. The van der Waals surface area contributed by atoms with Gasteiger partial charge >= 0.3 is 0 Å². The van der Waals surface area contributed by atoms with Crippen molar-refractivity contribution in [2.45, 2.75) is 6.54 Å². The van der Waals surface area contributed by atoms with Crippen molar-refractivity contribution in [2.24, 2.45) is 10.1 Å². The molecule has 0 aliphatic heterocycles. The van der Waals surface area contributed by atoms with Crippen molar-refractivity contribution in [3.8, 4) is 0 Å². The van der Waals surface area contributed by atoms with Crippen molar-refractivity contribution < 1.29 is 0 Å². The van der Waals surface area contributed by atoms with Gasteiger partial charge in [-0.1, -0.05) is 0 Å². The predicted molar refractivity (Wildman–Crippen MR) is 51.1 cm³/mol. The van der Waals surface area contributed by atoms with Gasteiger partial charge in [0, 0.05) is 18.2 Å². The molecule has 0 aliphatic carbocycles. The summed E-state index contributed by atoms with van der Waals surface area (Å²) < 4.78 is 3.98. The van der Waals surface area contributed by atoms with Gasteiger partial charge < -0.3 is 5.73 Å². The first-order valence-corrected chi connectivity index (χ1v) is 5.14. The summed E-state index contributed by atoms with van der Waals surface area (Å²) in [5.41, 5.74) is 6.28. The maximum Gasteiger partial charge on any atom is 0.107 e. The van der Waals surface area contributed by atoms with Crippen LogP contribution in [0.25, 0.3) is 0 Å². The highest BCUT2D eigenvalue weighted by Crippen LogP contribution is 2.07. The number of thiazole rings is 1. The molecule has 0 atom stereocenters. The lowest BCUT2D eigenvalue weighted by atomic mass is 10.5. The zero-order valence-corrected chi connectivity index (χ0v) is 7.78. The molecule has 1 aromatic rings. The molecule has 0 aliphatic rings. The minimum atomic E-state index is 0.512. The quantitative estimate of drug-likeness (QED) is 0.573. The maximum absolute atomic E-state index is 5.39. The molecule has 3 nitrogen and oxygen atoms in total. The molecule has 0 radical (unpaired) electrons. The first kappa shape index (κ1) is 8.70. The van der Waals surface area contributed by atoms with Crippen LogP contribution in [0, 0.1) is 0 Å². The molecule has 60 valence electrons. The molecule has 0 amide bonds. The van der Waals surface area contributed by atoms with Gasteiger partial charge in [0.05, 0.1) is 11.9 Å². The lowest BCUT2D eigenvalue weighted by molar-refractivity contribution is 1.04. The third-order valence-corrected chi connectivity index (χ3v) is 2.24. The van der Waals surface area contributed by atoms with Gasteiger partial charge in [0.1, 0.15) is 5.01 Å². The van der Waals surface area contributed by atoms with Crippen LogP contribution in [0.3, 0.4) is 0 Å². The Bertz CT molecular complexity index is 244. The van der Waals surface area contributed by atoms with Crippen molar-refractivity contribution >= 4 is 29.5 Å². The number of hydrogen-bond acceptors (Lipinski definition) is 5. The van der Waals surface area contributed by atoms with Crippen LogP contribution in [0.5, 0.6) is 0 Å². The van der Waals surface area contributed by atoms with Gasteiger partial charge in [0.25, 0.3) is 0 Å². The average Bonchev–Trinajstić information content (AvgIpc) is 2.48. The maximum atomic E-state index is 5.39. The van der Waals surface area contributed by atoms with Crippen LogP contribution in [-0.2, 0) is 6.54 Å². The van der Waals surface area contributed by atoms with Crippen molar-refractivity contribution in [3.63, 3.8) is 0 Å². The number of hydrogen-bond donors (Lipinski definition) is 1. The van der Waals surface area contributed by atoms with Crippen LogP contribution in [0.4, 0.5) is 0 Å². The molecule has 0 spiro atoms.